The highest BCUT2D eigenvalue weighted by atomic mass is 35.5. The van der Waals surface area contributed by atoms with Gasteiger partial charge in [-0.05, 0) is 36.4 Å². The molecule has 2 aromatic carbocycles. The third kappa shape index (κ3) is 3.47. The van der Waals surface area contributed by atoms with Crippen molar-refractivity contribution in [2.45, 2.75) is 6.54 Å². The number of benzene rings is 2. The highest BCUT2D eigenvalue weighted by molar-refractivity contribution is 6.33. The fourth-order valence-electron chi connectivity index (χ4n) is 3.39. The van der Waals surface area contributed by atoms with E-state index in [1.807, 2.05) is 6.07 Å². The van der Waals surface area contributed by atoms with E-state index in [0.29, 0.717) is 33.5 Å². The lowest BCUT2D eigenvalue weighted by Crippen LogP contribution is -2.05. The van der Waals surface area contributed by atoms with E-state index in [1.165, 1.54) is 16.8 Å². The van der Waals surface area contributed by atoms with Gasteiger partial charge < -0.3 is 5.11 Å². The van der Waals surface area contributed by atoms with Gasteiger partial charge in [0.05, 0.1) is 28.3 Å². The Morgan fingerprint density at radius 2 is 1.97 bits per heavy atom. The minimum atomic E-state index is -1.10. The van der Waals surface area contributed by atoms with Gasteiger partial charge in [-0.3, -0.25) is 4.98 Å². The number of nitrogens with zero attached hydrogens (tertiary/aromatic N) is 5. The smallest absolute Gasteiger partial charge is 0.337 e. The molecule has 5 rings (SSSR count). The molecule has 0 aliphatic carbocycles. The molecule has 3 heterocycles. The zero-order valence-electron chi connectivity index (χ0n) is 15.8. The Bertz CT molecular complexity index is 1480. The quantitative estimate of drug-likeness (QED) is 0.446. The van der Waals surface area contributed by atoms with Gasteiger partial charge in [-0.25, -0.2) is 18.9 Å². The number of carboxylic acid groups (broad SMARTS) is 1. The standard InChI is InChI=1S/C22H13ClFN5O2/c23-16-9-13(3-4-15(16)22(30)31)18-5-6-19-21(26-18)29(28-27-19)11-14-8-12-2-1-7-25-20(12)10-17(14)24/h1-10H,11H2,(H,30,31). The molecule has 1 N–H and O–H groups in total. The predicted molar refractivity (Wildman–Crippen MR) is 114 cm³/mol. The van der Waals surface area contributed by atoms with Gasteiger partial charge in [0.15, 0.2) is 5.65 Å². The fourth-order valence-corrected chi connectivity index (χ4v) is 3.65. The first-order chi connectivity index (χ1) is 15.0. The van der Waals surface area contributed by atoms with E-state index in [2.05, 4.69) is 20.3 Å². The van der Waals surface area contributed by atoms with E-state index in [1.54, 1.807) is 42.6 Å². The summed E-state index contributed by atoms with van der Waals surface area (Å²) >= 11 is 6.09. The lowest BCUT2D eigenvalue weighted by molar-refractivity contribution is 0.0697. The minimum absolute atomic E-state index is 0.0134. The average molecular weight is 434 g/mol. The van der Waals surface area contributed by atoms with Gasteiger partial charge in [0.2, 0.25) is 0 Å². The Morgan fingerprint density at radius 1 is 1.10 bits per heavy atom. The van der Waals surface area contributed by atoms with Crippen molar-refractivity contribution in [2.24, 2.45) is 0 Å². The predicted octanol–water partition coefficient (Wildman–Crippen LogP) is 4.58. The second kappa shape index (κ2) is 7.41. The first kappa shape index (κ1) is 19.1. The van der Waals surface area contributed by atoms with Gasteiger partial charge in [0.25, 0.3) is 0 Å². The van der Waals surface area contributed by atoms with Crippen LogP contribution < -0.4 is 0 Å². The molecule has 7 nitrogen and oxygen atoms in total. The Hall–Kier alpha value is -3.91. The summed E-state index contributed by atoms with van der Waals surface area (Å²) in [6, 6.07) is 14.9. The molecule has 0 spiro atoms. The van der Waals surface area contributed by atoms with E-state index in [9.17, 15) is 9.18 Å². The third-order valence-corrected chi connectivity index (χ3v) is 5.26. The molecule has 0 radical (unpaired) electrons. The molecule has 152 valence electrons. The normalized spacial score (nSPS) is 11.3. The Balaban J connectivity index is 1.55. The van der Waals surface area contributed by atoms with Gasteiger partial charge in [-0.15, -0.1) is 5.10 Å². The summed E-state index contributed by atoms with van der Waals surface area (Å²) in [4.78, 5) is 20.0. The maximum atomic E-state index is 14.6. The number of carbonyl (C=O) groups is 1. The molecule has 3 aromatic heterocycles. The summed E-state index contributed by atoms with van der Waals surface area (Å²) in [5.74, 6) is -1.49. The highest BCUT2D eigenvalue weighted by Crippen LogP contribution is 2.26. The zero-order valence-corrected chi connectivity index (χ0v) is 16.6. The van der Waals surface area contributed by atoms with Crippen LogP contribution in [0, 0.1) is 5.82 Å². The number of rotatable bonds is 4. The van der Waals surface area contributed by atoms with Crippen molar-refractivity contribution in [3.05, 3.63) is 82.8 Å². The van der Waals surface area contributed by atoms with E-state index in [4.69, 9.17) is 16.7 Å². The number of aromatic nitrogens is 5. The van der Waals surface area contributed by atoms with Crippen molar-refractivity contribution >= 4 is 39.6 Å². The van der Waals surface area contributed by atoms with Crippen LogP contribution in [0.4, 0.5) is 4.39 Å². The Kier molecular flexibility index (Phi) is 4.56. The van der Waals surface area contributed by atoms with Crippen LogP contribution in [0.1, 0.15) is 15.9 Å². The molecule has 0 saturated heterocycles. The molecule has 0 bridgehead atoms. The Labute approximate surface area is 179 Å². The fraction of sp³-hybridized carbons (Fsp3) is 0.0455. The van der Waals surface area contributed by atoms with Crippen LogP contribution in [0.15, 0.2) is 60.8 Å². The minimum Gasteiger partial charge on any atom is -0.478 e. The molecule has 0 unspecified atom stereocenters. The van der Waals surface area contributed by atoms with Crippen molar-refractivity contribution < 1.29 is 14.3 Å². The van der Waals surface area contributed by atoms with E-state index < -0.39 is 5.97 Å². The van der Waals surface area contributed by atoms with Crippen LogP contribution in [0.3, 0.4) is 0 Å². The van der Waals surface area contributed by atoms with Crippen molar-refractivity contribution in [3.63, 3.8) is 0 Å². The van der Waals surface area contributed by atoms with Gasteiger partial charge in [-0.1, -0.05) is 28.9 Å². The second-order valence-corrected chi connectivity index (χ2v) is 7.33. The van der Waals surface area contributed by atoms with Crippen LogP contribution in [0.5, 0.6) is 0 Å². The summed E-state index contributed by atoms with van der Waals surface area (Å²) in [6.45, 7) is 0.141. The summed E-state index contributed by atoms with van der Waals surface area (Å²) < 4.78 is 16.1. The number of halogens is 2. The molecule has 0 amide bonds. The van der Waals surface area contributed by atoms with Crippen molar-refractivity contribution in [3.8, 4) is 11.3 Å². The van der Waals surface area contributed by atoms with Crippen LogP contribution in [-0.2, 0) is 6.54 Å². The molecular weight excluding hydrogens is 421 g/mol. The number of pyridine rings is 2. The van der Waals surface area contributed by atoms with Crippen LogP contribution in [0.25, 0.3) is 33.3 Å². The van der Waals surface area contributed by atoms with Crippen molar-refractivity contribution in [1.29, 1.82) is 0 Å². The monoisotopic (exact) mass is 433 g/mol. The zero-order chi connectivity index (χ0) is 21.5. The lowest BCUT2D eigenvalue weighted by atomic mass is 10.1. The number of hydrogen-bond donors (Lipinski definition) is 1. The van der Waals surface area contributed by atoms with Crippen molar-refractivity contribution in [2.75, 3.05) is 0 Å². The number of hydrogen-bond acceptors (Lipinski definition) is 5. The van der Waals surface area contributed by atoms with E-state index >= 15 is 0 Å². The molecule has 0 fully saturated rings. The van der Waals surface area contributed by atoms with Gasteiger partial charge in [0, 0.05) is 28.8 Å². The molecule has 0 atom stereocenters. The number of carboxylic acids is 1. The second-order valence-electron chi connectivity index (χ2n) is 6.93. The SMILES string of the molecule is O=C(O)c1ccc(-c2ccc3nnn(Cc4cc5cccnc5cc4F)c3n2)cc1Cl. The average Bonchev–Trinajstić information content (AvgIpc) is 3.16. The summed E-state index contributed by atoms with van der Waals surface area (Å²) in [5.41, 5.74) is 3.27. The topological polar surface area (TPSA) is 93.8 Å². The molecule has 5 aromatic rings. The van der Waals surface area contributed by atoms with Crippen LogP contribution >= 0.6 is 11.6 Å². The first-order valence-corrected chi connectivity index (χ1v) is 9.64. The molecular formula is C22H13ClFN5O2. The summed E-state index contributed by atoms with van der Waals surface area (Å²) in [7, 11) is 0. The van der Waals surface area contributed by atoms with Crippen LogP contribution in [-0.4, -0.2) is 36.0 Å². The first-order valence-electron chi connectivity index (χ1n) is 9.26. The highest BCUT2D eigenvalue weighted by Gasteiger charge is 2.14. The van der Waals surface area contributed by atoms with Crippen LogP contribution in [0.2, 0.25) is 5.02 Å². The molecule has 0 aliphatic rings. The summed E-state index contributed by atoms with van der Waals surface area (Å²) in [5, 5.41) is 18.3. The van der Waals surface area contributed by atoms with Gasteiger partial charge in [0.1, 0.15) is 11.3 Å². The lowest BCUT2D eigenvalue weighted by Gasteiger charge is -2.07. The van der Waals surface area contributed by atoms with Gasteiger partial charge in [-0.2, -0.15) is 0 Å². The van der Waals surface area contributed by atoms with E-state index in [-0.39, 0.29) is 22.9 Å². The van der Waals surface area contributed by atoms with Gasteiger partial charge >= 0.3 is 5.97 Å². The van der Waals surface area contributed by atoms with Crippen molar-refractivity contribution in [1.82, 2.24) is 25.0 Å². The number of fused-ring (bicyclic) bond motifs is 2. The molecule has 9 heteroatoms. The largest absolute Gasteiger partial charge is 0.478 e. The molecule has 31 heavy (non-hydrogen) atoms. The maximum absolute atomic E-state index is 14.6. The van der Waals surface area contributed by atoms with E-state index in [0.717, 1.165) is 5.39 Å². The number of aromatic carboxylic acids is 1. The summed E-state index contributed by atoms with van der Waals surface area (Å²) in [6.07, 6.45) is 1.62. The molecule has 0 saturated carbocycles. The molecule has 0 aliphatic heterocycles. The maximum Gasteiger partial charge on any atom is 0.337 e. The third-order valence-electron chi connectivity index (χ3n) is 4.95. The Morgan fingerprint density at radius 3 is 2.77 bits per heavy atom.